The van der Waals surface area contributed by atoms with Crippen molar-refractivity contribution in [2.45, 2.75) is 6.92 Å². The molecule has 0 radical (unpaired) electrons. The maximum absolute atomic E-state index is 13.7. The fourth-order valence-electron chi connectivity index (χ4n) is 2.10. The third kappa shape index (κ3) is 3.43. The molecule has 0 aliphatic carbocycles. The summed E-state index contributed by atoms with van der Waals surface area (Å²) in [6.07, 6.45) is 0. The van der Waals surface area contributed by atoms with Gasteiger partial charge in [0.1, 0.15) is 11.6 Å². The molecule has 1 aromatic heterocycles. The van der Waals surface area contributed by atoms with E-state index in [1.807, 2.05) is 35.7 Å². The number of benzene rings is 2. The Labute approximate surface area is 136 Å². The monoisotopic (exact) mass is 329 g/mol. The van der Waals surface area contributed by atoms with Crippen LogP contribution in [-0.2, 0) is 0 Å². The number of hydrogen-bond donors (Lipinski definition) is 1. The zero-order valence-electron chi connectivity index (χ0n) is 12.3. The highest BCUT2D eigenvalue weighted by molar-refractivity contribution is 7.14. The van der Waals surface area contributed by atoms with Crippen molar-refractivity contribution in [2.75, 3.05) is 5.43 Å². The molecule has 3 aromatic rings. The lowest BCUT2D eigenvalue weighted by Crippen LogP contribution is -2.05. The number of thiazole rings is 1. The lowest BCUT2D eigenvalue weighted by molar-refractivity contribution is 0.579. The Kier molecular flexibility index (Phi) is 4.43. The van der Waals surface area contributed by atoms with Crippen molar-refractivity contribution in [3.05, 3.63) is 71.1 Å². The molecule has 0 saturated carbocycles. The Morgan fingerprint density at radius 3 is 2.43 bits per heavy atom. The minimum Gasteiger partial charge on any atom is -0.252 e. The quantitative estimate of drug-likeness (QED) is 0.544. The lowest BCUT2D eigenvalue weighted by Gasteiger charge is -2.04. The molecule has 0 aliphatic rings. The molecule has 0 atom stereocenters. The molecule has 23 heavy (non-hydrogen) atoms. The standard InChI is InChI=1S/C17H13F2N3S/c1-11(16-13(18)8-5-9-14(16)19)21-22-17-20-15(10-23-17)12-6-3-2-4-7-12/h2-10H,1H3,(H,20,22)/b21-11-. The summed E-state index contributed by atoms with van der Waals surface area (Å²) >= 11 is 1.37. The zero-order chi connectivity index (χ0) is 16.2. The number of nitrogens with zero attached hydrogens (tertiary/aromatic N) is 2. The normalized spacial score (nSPS) is 11.5. The maximum Gasteiger partial charge on any atom is 0.203 e. The van der Waals surface area contributed by atoms with E-state index < -0.39 is 11.6 Å². The first-order valence-corrected chi connectivity index (χ1v) is 7.79. The summed E-state index contributed by atoms with van der Waals surface area (Å²) in [7, 11) is 0. The van der Waals surface area contributed by atoms with E-state index in [0.29, 0.717) is 5.13 Å². The predicted molar refractivity (Wildman–Crippen MR) is 89.7 cm³/mol. The Morgan fingerprint density at radius 2 is 1.74 bits per heavy atom. The van der Waals surface area contributed by atoms with Gasteiger partial charge >= 0.3 is 0 Å². The van der Waals surface area contributed by atoms with Gasteiger partial charge in [0, 0.05) is 10.9 Å². The van der Waals surface area contributed by atoms with Gasteiger partial charge in [-0.3, -0.25) is 5.43 Å². The van der Waals surface area contributed by atoms with Gasteiger partial charge in [0.05, 0.1) is 17.0 Å². The molecule has 2 aromatic carbocycles. The van der Waals surface area contributed by atoms with Crippen LogP contribution in [0.5, 0.6) is 0 Å². The minimum absolute atomic E-state index is 0.139. The molecule has 0 spiro atoms. The molecular formula is C17H13F2N3S. The number of nitrogens with one attached hydrogen (secondary N) is 1. The Hall–Kier alpha value is -2.60. The summed E-state index contributed by atoms with van der Waals surface area (Å²) < 4.78 is 27.4. The van der Waals surface area contributed by atoms with Crippen molar-refractivity contribution in [2.24, 2.45) is 5.10 Å². The summed E-state index contributed by atoms with van der Waals surface area (Å²) in [5.41, 5.74) is 4.65. The van der Waals surface area contributed by atoms with E-state index in [1.165, 1.54) is 29.5 Å². The molecule has 1 N–H and O–H groups in total. The van der Waals surface area contributed by atoms with E-state index in [0.717, 1.165) is 11.3 Å². The van der Waals surface area contributed by atoms with Crippen LogP contribution in [0.15, 0.2) is 59.0 Å². The SMILES string of the molecule is C/C(=N/Nc1nc(-c2ccccc2)cs1)c1c(F)cccc1F. The second-order valence-corrected chi connectivity index (χ2v) is 5.67. The van der Waals surface area contributed by atoms with E-state index in [1.54, 1.807) is 6.92 Å². The highest BCUT2D eigenvalue weighted by atomic mass is 32.1. The summed E-state index contributed by atoms with van der Waals surface area (Å²) in [6, 6.07) is 13.5. The van der Waals surface area contributed by atoms with Gasteiger partial charge in [0.15, 0.2) is 0 Å². The Balaban J connectivity index is 1.79. The average molecular weight is 329 g/mol. The summed E-state index contributed by atoms with van der Waals surface area (Å²) in [5, 5.41) is 6.48. The highest BCUT2D eigenvalue weighted by Gasteiger charge is 2.11. The number of anilines is 1. The van der Waals surface area contributed by atoms with Gasteiger partial charge in [-0.15, -0.1) is 11.3 Å². The second-order valence-electron chi connectivity index (χ2n) is 4.81. The first-order valence-electron chi connectivity index (χ1n) is 6.91. The molecule has 0 saturated heterocycles. The number of halogens is 2. The van der Waals surface area contributed by atoms with Crippen LogP contribution in [0, 0.1) is 11.6 Å². The van der Waals surface area contributed by atoms with Crippen molar-refractivity contribution < 1.29 is 8.78 Å². The van der Waals surface area contributed by atoms with Gasteiger partial charge in [-0.1, -0.05) is 36.4 Å². The van der Waals surface area contributed by atoms with E-state index in [4.69, 9.17) is 0 Å². The molecule has 6 heteroatoms. The highest BCUT2D eigenvalue weighted by Crippen LogP contribution is 2.24. The van der Waals surface area contributed by atoms with E-state index >= 15 is 0 Å². The summed E-state index contributed by atoms with van der Waals surface area (Å²) in [6.45, 7) is 1.54. The molecule has 0 unspecified atom stereocenters. The molecular weight excluding hydrogens is 316 g/mol. The second kappa shape index (κ2) is 6.66. The first-order chi connectivity index (χ1) is 11.1. The number of hydrogen-bond acceptors (Lipinski definition) is 4. The summed E-state index contributed by atoms with van der Waals surface area (Å²) in [4.78, 5) is 4.40. The van der Waals surface area contributed by atoms with Gasteiger partial charge in [-0.2, -0.15) is 5.10 Å². The van der Waals surface area contributed by atoms with Crippen molar-refractivity contribution in [1.29, 1.82) is 0 Å². The van der Waals surface area contributed by atoms with Crippen LogP contribution in [0.25, 0.3) is 11.3 Å². The van der Waals surface area contributed by atoms with Crippen LogP contribution in [0.3, 0.4) is 0 Å². The molecule has 1 heterocycles. The van der Waals surface area contributed by atoms with E-state index in [2.05, 4.69) is 15.5 Å². The van der Waals surface area contributed by atoms with Crippen molar-refractivity contribution in [3.63, 3.8) is 0 Å². The lowest BCUT2D eigenvalue weighted by atomic mass is 10.1. The van der Waals surface area contributed by atoms with Gasteiger partial charge in [-0.25, -0.2) is 13.8 Å². The van der Waals surface area contributed by atoms with Crippen LogP contribution in [-0.4, -0.2) is 10.7 Å². The van der Waals surface area contributed by atoms with Crippen molar-refractivity contribution >= 4 is 22.2 Å². The Morgan fingerprint density at radius 1 is 1.04 bits per heavy atom. The first kappa shape index (κ1) is 15.3. The molecule has 3 rings (SSSR count). The van der Waals surface area contributed by atoms with Crippen molar-refractivity contribution in [1.82, 2.24) is 4.98 Å². The predicted octanol–water partition coefficient (Wildman–Crippen LogP) is 4.92. The maximum atomic E-state index is 13.7. The summed E-state index contributed by atoms with van der Waals surface area (Å²) in [5.74, 6) is -1.28. The van der Waals surface area contributed by atoms with Crippen LogP contribution in [0.4, 0.5) is 13.9 Å². The van der Waals surface area contributed by atoms with Gasteiger partial charge in [0.2, 0.25) is 5.13 Å². The van der Waals surface area contributed by atoms with Crippen LogP contribution in [0.1, 0.15) is 12.5 Å². The topological polar surface area (TPSA) is 37.3 Å². The van der Waals surface area contributed by atoms with Gasteiger partial charge < -0.3 is 0 Å². The number of rotatable bonds is 4. The number of aromatic nitrogens is 1. The number of hydrazone groups is 1. The zero-order valence-corrected chi connectivity index (χ0v) is 13.1. The average Bonchev–Trinajstić information content (AvgIpc) is 3.02. The third-order valence-electron chi connectivity index (χ3n) is 3.22. The van der Waals surface area contributed by atoms with Crippen molar-refractivity contribution in [3.8, 4) is 11.3 Å². The van der Waals surface area contributed by atoms with Crippen LogP contribution >= 0.6 is 11.3 Å². The largest absolute Gasteiger partial charge is 0.252 e. The fraction of sp³-hybridized carbons (Fsp3) is 0.0588. The molecule has 3 nitrogen and oxygen atoms in total. The molecule has 0 bridgehead atoms. The fourth-order valence-corrected chi connectivity index (χ4v) is 2.76. The van der Waals surface area contributed by atoms with E-state index in [9.17, 15) is 8.78 Å². The van der Waals surface area contributed by atoms with E-state index in [-0.39, 0.29) is 11.3 Å². The van der Waals surface area contributed by atoms with Gasteiger partial charge in [0.25, 0.3) is 0 Å². The minimum atomic E-state index is -0.642. The molecule has 116 valence electrons. The van der Waals surface area contributed by atoms with Crippen LogP contribution in [0.2, 0.25) is 0 Å². The smallest absolute Gasteiger partial charge is 0.203 e. The molecule has 0 aliphatic heterocycles. The van der Waals surface area contributed by atoms with Gasteiger partial charge in [-0.05, 0) is 19.1 Å². The molecule has 0 fully saturated rings. The Bertz CT molecular complexity index is 824. The van der Waals surface area contributed by atoms with Crippen LogP contribution < -0.4 is 5.43 Å². The third-order valence-corrected chi connectivity index (χ3v) is 3.96. The molecule has 0 amide bonds.